The van der Waals surface area contributed by atoms with E-state index < -0.39 is 12.4 Å². The molecule has 204 valence electrons. The van der Waals surface area contributed by atoms with Crippen LogP contribution in [0.2, 0.25) is 0 Å². The molecule has 0 aliphatic carbocycles. The quantitative estimate of drug-likeness (QED) is 0.256. The first kappa shape index (κ1) is 26.9. The van der Waals surface area contributed by atoms with Gasteiger partial charge < -0.3 is 10.1 Å². The average Bonchev–Trinajstić information content (AvgIpc) is 3.52. The van der Waals surface area contributed by atoms with E-state index in [4.69, 9.17) is 0 Å². The van der Waals surface area contributed by atoms with Crippen LogP contribution in [0.3, 0.4) is 0 Å². The molecular formula is C28H23F3N6O2S. The third-order valence-electron chi connectivity index (χ3n) is 5.96. The van der Waals surface area contributed by atoms with Gasteiger partial charge in [-0.3, -0.25) is 4.57 Å². The zero-order valence-electron chi connectivity index (χ0n) is 21.6. The number of rotatable bonds is 5. The van der Waals surface area contributed by atoms with E-state index in [1.54, 1.807) is 24.3 Å². The van der Waals surface area contributed by atoms with Gasteiger partial charge in [0.05, 0.1) is 11.4 Å². The van der Waals surface area contributed by atoms with Crippen LogP contribution in [0.4, 0.5) is 23.7 Å². The summed E-state index contributed by atoms with van der Waals surface area (Å²) in [5, 5.41) is 9.14. The highest BCUT2D eigenvalue weighted by atomic mass is 32.1. The minimum atomic E-state index is -4.76. The fraction of sp³-hybridized carbons (Fsp3) is 0.143. The van der Waals surface area contributed by atoms with Crippen molar-refractivity contribution in [1.82, 2.24) is 19.3 Å². The van der Waals surface area contributed by atoms with Crippen LogP contribution >= 0.6 is 11.3 Å². The van der Waals surface area contributed by atoms with Gasteiger partial charge in [0.15, 0.2) is 10.6 Å². The summed E-state index contributed by atoms with van der Waals surface area (Å²) >= 11 is 1.39. The number of aryl methyl sites for hydroxylation is 3. The second-order valence-corrected chi connectivity index (χ2v) is 9.75. The molecule has 5 aromatic rings. The van der Waals surface area contributed by atoms with E-state index in [0.29, 0.717) is 27.6 Å². The summed E-state index contributed by atoms with van der Waals surface area (Å²) in [6.45, 7) is 6.03. The molecule has 3 aromatic carbocycles. The van der Waals surface area contributed by atoms with E-state index in [9.17, 15) is 18.0 Å². The molecule has 5 rings (SSSR count). The molecule has 2 aromatic heterocycles. The number of urea groups is 1. The van der Waals surface area contributed by atoms with Crippen LogP contribution in [0.5, 0.6) is 5.75 Å². The van der Waals surface area contributed by atoms with Crippen molar-refractivity contribution in [3.05, 3.63) is 100 Å². The molecule has 12 heteroatoms. The fourth-order valence-electron chi connectivity index (χ4n) is 4.16. The Labute approximate surface area is 231 Å². The Kier molecular flexibility index (Phi) is 7.26. The van der Waals surface area contributed by atoms with Crippen LogP contribution in [0.25, 0.3) is 22.8 Å². The highest BCUT2D eigenvalue weighted by Crippen LogP contribution is 2.25. The number of thiazole rings is 1. The van der Waals surface area contributed by atoms with Gasteiger partial charge in [0.2, 0.25) is 0 Å². The molecule has 0 spiro atoms. The van der Waals surface area contributed by atoms with E-state index >= 15 is 0 Å². The highest BCUT2D eigenvalue weighted by molar-refractivity contribution is 7.07. The average molecular weight is 565 g/mol. The molecular weight excluding hydrogens is 541 g/mol. The molecule has 0 bridgehead atoms. The lowest BCUT2D eigenvalue weighted by Crippen LogP contribution is -2.20. The van der Waals surface area contributed by atoms with Crippen LogP contribution in [-0.2, 0) is 0 Å². The fourth-order valence-corrected chi connectivity index (χ4v) is 5.02. The number of anilines is 1. The minimum absolute atomic E-state index is 0.324. The van der Waals surface area contributed by atoms with Gasteiger partial charge in [-0.25, -0.2) is 14.5 Å². The van der Waals surface area contributed by atoms with E-state index in [-0.39, 0.29) is 5.75 Å². The van der Waals surface area contributed by atoms with Crippen molar-refractivity contribution in [2.45, 2.75) is 27.1 Å². The number of carbonyl (C=O) groups is 1. The number of halogens is 3. The van der Waals surface area contributed by atoms with Gasteiger partial charge in [-0.15, -0.1) is 29.6 Å². The number of amides is 2. The van der Waals surface area contributed by atoms with E-state index in [0.717, 1.165) is 22.5 Å². The second kappa shape index (κ2) is 10.8. The Bertz CT molecular complexity index is 1720. The number of hydrogen-bond acceptors (Lipinski definition) is 5. The lowest BCUT2D eigenvalue weighted by Gasteiger charge is -2.12. The van der Waals surface area contributed by atoms with Gasteiger partial charge in [0.25, 0.3) is 0 Å². The molecule has 2 heterocycles. The van der Waals surface area contributed by atoms with Crippen LogP contribution < -0.4 is 14.9 Å². The summed E-state index contributed by atoms with van der Waals surface area (Å²) in [6, 6.07) is 17.8. The van der Waals surface area contributed by atoms with E-state index in [2.05, 4.69) is 25.1 Å². The Morgan fingerprint density at radius 1 is 0.975 bits per heavy atom. The Balaban J connectivity index is 1.30. The third kappa shape index (κ3) is 5.96. The van der Waals surface area contributed by atoms with E-state index in [1.165, 1.54) is 46.6 Å². The van der Waals surface area contributed by atoms with Gasteiger partial charge in [-0.1, -0.05) is 18.2 Å². The maximum atomic E-state index is 12.8. The van der Waals surface area contributed by atoms with E-state index in [1.807, 2.05) is 48.9 Å². The van der Waals surface area contributed by atoms with Crippen molar-refractivity contribution < 1.29 is 22.7 Å². The molecule has 0 saturated heterocycles. The standard InChI is InChI=1S/C28H23F3N6O2S/c1-17-5-4-6-18(2)24(17)37-19(3)15-40-27(37)34-26(38)33-21-9-7-20(8-10-21)25-32-16-36(35-25)22-11-13-23(14-12-22)39-28(29,30)31/h4-16H,1-3H3,(H,33,38)/b34-27-. The minimum Gasteiger partial charge on any atom is -0.406 e. The monoisotopic (exact) mass is 564 g/mol. The van der Waals surface area contributed by atoms with Gasteiger partial charge in [-0.05, 0) is 80.4 Å². The number of ether oxygens (including phenoxy) is 1. The zero-order valence-corrected chi connectivity index (χ0v) is 22.4. The van der Waals surface area contributed by atoms with Gasteiger partial charge in [0, 0.05) is 22.3 Å². The van der Waals surface area contributed by atoms with Crippen molar-refractivity contribution in [1.29, 1.82) is 0 Å². The van der Waals surface area contributed by atoms with Crippen LogP contribution in [-0.4, -0.2) is 31.7 Å². The van der Waals surface area contributed by atoms with Gasteiger partial charge >= 0.3 is 12.4 Å². The van der Waals surface area contributed by atoms with Crippen LogP contribution in [0, 0.1) is 20.8 Å². The maximum Gasteiger partial charge on any atom is 0.573 e. The van der Waals surface area contributed by atoms with Gasteiger partial charge in [-0.2, -0.15) is 4.99 Å². The molecule has 1 N–H and O–H groups in total. The number of aromatic nitrogens is 4. The lowest BCUT2D eigenvalue weighted by molar-refractivity contribution is -0.274. The first-order chi connectivity index (χ1) is 19.1. The van der Waals surface area contributed by atoms with Crippen molar-refractivity contribution >= 4 is 23.1 Å². The predicted molar refractivity (Wildman–Crippen MR) is 146 cm³/mol. The molecule has 8 nitrogen and oxygen atoms in total. The molecule has 0 atom stereocenters. The number of para-hydroxylation sites is 1. The maximum absolute atomic E-state index is 12.8. The molecule has 0 aliphatic rings. The van der Waals surface area contributed by atoms with Crippen molar-refractivity contribution in [3.8, 4) is 28.5 Å². The summed E-state index contributed by atoms with van der Waals surface area (Å²) in [7, 11) is 0. The summed E-state index contributed by atoms with van der Waals surface area (Å²) in [5.74, 6) is 0.0807. The molecule has 40 heavy (non-hydrogen) atoms. The number of nitrogens with zero attached hydrogens (tertiary/aromatic N) is 5. The topological polar surface area (TPSA) is 86.3 Å². The summed E-state index contributed by atoms with van der Waals surface area (Å²) < 4.78 is 44.5. The smallest absolute Gasteiger partial charge is 0.406 e. The summed E-state index contributed by atoms with van der Waals surface area (Å²) in [4.78, 5) is 21.9. The van der Waals surface area contributed by atoms with Crippen molar-refractivity contribution in [2.75, 3.05) is 5.32 Å². The zero-order chi connectivity index (χ0) is 28.4. The predicted octanol–water partition coefficient (Wildman–Crippen LogP) is 6.74. The van der Waals surface area contributed by atoms with Crippen molar-refractivity contribution in [3.63, 3.8) is 0 Å². The number of nitrogens with one attached hydrogen (secondary N) is 1. The molecule has 2 amide bonds. The number of hydrogen-bond donors (Lipinski definition) is 1. The molecule has 0 unspecified atom stereocenters. The molecule has 0 fully saturated rings. The number of carbonyl (C=O) groups excluding carboxylic acids is 1. The molecule has 0 aliphatic heterocycles. The first-order valence-corrected chi connectivity index (χ1v) is 12.9. The number of alkyl halides is 3. The SMILES string of the molecule is Cc1cccc(C)c1-n1c(C)cs/c1=N\C(=O)Nc1ccc(-c2ncn(-c3ccc(OC(F)(F)F)cc3)n2)cc1. The summed E-state index contributed by atoms with van der Waals surface area (Å²) in [5.41, 5.74) is 5.91. The second-order valence-electron chi connectivity index (χ2n) is 8.91. The molecule has 0 radical (unpaired) electrons. The summed E-state index contributed by atoms with van der Waals surface area (Å²) in [6.07, 6.45) is -3.30. The Morgan fingerprint density at radius 3 is 2.30 bits per heavy atom. The van der Waals surface area contributed by atoms with Crippen LogP contribution in [0.15, 0.2) is 83.4 Å². The first-order valence-electron chi connectivity index (χ1n) is 12.0. The normalized spacial score (nSPS) is 12.0. The Hall–Kier alpha value is -4.71. The van der Waals surface area contributed by atoms with Crippen molar-refractivity contribution in [2.24, 2.45) is 4.99 Å². The lowest BCUT2D eigenvalue weighted by atomic mass is 10.1. The van der Waals surface area contributed by atoms with Gasteiger partial charge in [0.1, 0.15) is 12.1 Å². The largest absolute Gasteiger partial charge is 0.573 e. The third-order valence-corrected chi connectivity index (χ3v) is 6.90. The molecule has 0 saturated carbocycles. The van der Waals surface area contributed by atoms with Crippen LogP contribution in [0.1, 0.15) is 16.8 Å². The number of benzene rings is 3. The highest BCUT2D eigenvalue weighted by Gasteiger charge is 2.31. The Morgan fingerprint density at radius 2 is 1.65 bits per heavy atom.